The SMILES string of the molecule is Cc1ccc(C2/C(=C(/O)c3ccc(Br)c(C)c3)C(=O)C(=O)N2c2cccc(F)c2)o1. The maximum Gasteiger partial charge on any atom is 0.300 e. The zero-order valence-corrected chi connectivity index (χ0v) is 17.7. The molecule has 1 amide bonds. The molecule has 5 nitrogen and oxygen atoms in total. The van der Waals surface area contributed by atoms with Gasteiger partial charge >= 0.3 is 0 Å². The molecule has 3 aromatic rings. The zero-order valence-electron chi connectivity index (χ0n) is 16.1. The Kier molecular flexibility index (Phi) is 5.07. The van der Waals surface area contributed by atoms with Gasteiger partial charge in [-0.1, -0.05) is 28.1 Å². The smallest absolute Gasteiger partial charge is 0.300 e. The van der Waals surface area contributed by atoms with E-state index in [1.54, 1.807) is 37.3 Å². The average molecular weight is 470 g/mol. The van der Waals surface area contributed by atoms with E-state index in [0.29, 0.717) is 17.1 Å². The highest BCUT2D eigenvalue weighted by molar-refractivity contribution is 9.10. The lowest BCUT2D eigenvalue weighted by Gasteiger charge is -2.23. The summed E-state index contributed by atoms with van der Waals surface area (Å²) >= 11 is 3.40. The largest absolute Gasteiger partial charge is 0.507 e. The van der Waals surface area contributed by atoms with Gasteiger partial charge in [0.05, 0.1) is 5.57 Å². The van der Waals surface area contributed by atoms with Crippen molar-refractivity contribution < 1.29 is 23.5 Å². The van der Waals surface area contributed by atoms with Crippen LogP contribution in [0.15, 0.2) is 69.1 Å². The number of amides is 1. The number of aryl methyl sites for hydroxylation is 2. The second kappa shape index (κ2) is 7.57. The summed E-state index contributed by atoms with van der Waals surface area (Å²) in [6.07, 6.45) is 0. The van der Waals surface area contributed by atoms with Crippen LogP contribution in [0.1, 0.15) is 28.7 Å². The molecule has 0 radical (unpaired) electrons. The molecule has 4 rings (SSSR count). The first-order valence-corrected chi connectivity index (χ1v) is 9.96. The number of rotatable bonds is 3. The Labute approximate surface area is 180 Å². The van der Waals surface area contributed by atoms with Crippen LogP contribution in [0.25, 0.3) is 5.76 Å². The number of anilines is 1. The number of aliphatic hydroxyl groups excluding tert-OH is 1. The summed E-state index contributed by atoms with van der Waals surface area (Å²) in [7, 11) is 0. The Balaban J connectivity index is 1.95. The molecule has 1 saturated heterocycles. The minimum Gasteiger partial charge on any atom is -0.507 e. The van der Waals surface area contributed by atoms with E-state index in [9.17, 15) is 19.1 Å². The van der Waals surface area contributed by atoms with Crippen molar-refractivity contribution in [2.45, 2.75) is 19.9 Å². The van der Waals surface area contributed by atoms with Gasteiger partial charge in [-0.2, -0.15) is 0 Å². The second-order valence-electron chi connectivity index (χ2n) is 7.06. The number of carbonyl (C=O) groups is 2. The van der Waals surface area contributed by atoms with Crippen LogP contribution in [0.4, 0.5) is 10.1 Å². The Hall–Kier alpha value is -3.19. The van der Waals surface area contributed by atoms with Gasteiger partial charge in [0.1, 0.15) is 29.1 Å². The molecular formula is C23H17BrFNO4. The molecule has 1 atom stereocenters. The molecule has 152 valence electrons. The standard InChI is InChI=1S/C23H17BrFNO4/c1-12-10-14(7-8-17(12)24)21(27)19-20(18-9-6-13(2)30-18)26(23(29)22(19)28)16-5-3-4-15(25)11-16/h3-11,20,27H,1-2H3/b21-19-. The van der Waals surface area contributed by atoms with Gasteiger partial charge in [0, 0.05) is 15.7 Å². The third-order valence-corrected chi connectivity index (χ3v) is 5.88. The number of halogens is 2. The van der Waals surface area contributed by atoms with E-state index < -0.39 is 23.5 Å². The normalized spacial score (nSPS) is 18.3. The summed E-state index contributed by atoms with van der Waals surface area (Å²) in [5, 5.41) is 11.0. The zero-order chi connectivity index (χ0) is 21.6. The number of benzene rings is 2. The lowest BCUT2D eigenvalue weighted by atomic mass is 9.98. The number of furan rings is 1. The van der Waals surface area contributed by atoms with Gasteiger partial charge < -0.3 is 9.52 Å². The van der Waals surface area contributed by atoms with Crippen LogP contribution in [0.2, 0.25) is 0 Å². The monoisotopic (exact) mass is 469 g/mol. The molecule has 1 aliphatic heterocycles. The molecule has 2 aromatic carbocycles. The van der Waals surface area contributed by atoms with Crippen molar-refractivity contribution in [1.82, 2.24) is 0 Å². The first kappa shape index (κ1) is 20.1. The van der Waals surface area contributed by atoms with Gasteiger partial charge in [0.2, 0.25) is 0 Å². The van der Waals surface area contributed by atoms with Gasteiger partial charge in [0.15, 0.2) is 0 Å². The lowest BCUT2D eigenvalue weighted by Crippen LogP contribution is -2.29. The Morgan fingerprint density at radius 1 is 1.10 bits per heavy atom. The molecule has 30 heavy (non-hydrogen) atoms. The Bertz CT molecular complexity index is 1210. The fraction of sp³-hybridized carbons (Fsp3) is 0.130. The molecule has 0 spiro atoms. The Morgan fingerprint density at radius 2 is 1.87 bits per heavy atom. The summed E-state index contributed by atoms with van der Waals surface area (Å²) in [6.45, 7) is 3.58. The van der Waals surface area contributed by atoms with Crippen LogP contribution in [-0.4, -0.2) is 16.8 Å². The number of carbonyl (C=O) groups excluding carboxylic acids is 2. The minimum atomic E-state index is -1.02. The van der Waals surface area contributed by atoms with E-state index in [-0.39, 0.29) is 17.0 Å². The molecule has 0 bridgehead atoms. The van der Waals surface area contributed by atoms with Crippen molar-refractivity contribution in [3.05, 3.63) is 93.1 Å². The maximum atomic E-state index is 13.9. The first-order valence-electron chi connectivity index (χ1n) is 9.17. The van der Waals surface area contributed by atoms with Crippen molar-refractivity contribution in [2.75, 3.05) is 4.90 Å². The molecule has 0 saturated carbocycles. The van der Waals surface area contributed by atoms with Crippen molar-refractivity contribution in [1.29, 1.82) is 0 Å². The van der Waals surface area contributed by atoms with Gasteiger partial charge in [-0.05, 0) is 61.9 Å². The van der Waals surface area contributed by atoms with Crippen molar-refractivity contribution in [2.24, 2.45) is 0 Å². The Morgan fingerprint density at radius 3 is 2.50 bits per heavy atom. The van der Waals surface area contributed by atoms with Crippen LogP contribution in [0.5, 0.6) is 0 Å². The third kappa shape index (κ3) is 3.35. The molecular weight excluding hydrogens is 453 g/mol. The van der Waals surface area contributed by atoms with Gasteiger partial charge in [-0.25, -0.2) is 4.39 Å². The maximum absolute atomic E-state index is 13.9. The van der Waals surface area contributed by atoms with Gasteiger partial charge in [-0.15, -0.1) is 0 Å². The summed E-state index contributed by atoms with van der Waals surface area (Å²) in [4.78, 5) is 27.1. The fourth-order valence-electron chi connectivity index (χ4n) is 3.54. The summed E-state index contributed by atoms with van der Waals surface area (Å²) in [6, 6.07) is 12.8. The molecule has 1 aliphatic rings. The third-order valence-electron chi connectivity index (χ3n) is 4.99. The topological polar surface area (TPSA) is 70.8 Å². The first-order chi connectivity index (χ1) is 14.3. The van der Waals surface area contributed by atoms with E-state index in [1.807, 2.05) is 6.92 Å². The van der Waals surface area contributed by atoms with E-state index >= 15 is 0 Å². The van der Waals surface area contributed by atoms with Crippen LogP contribution in [-0.2, 0) is 9.59 Å². The molecule has 1 unspecified atom stereocenters. The minimum absolute atomic E-state index is 0.111. The summed E-state index contributed by atoms with van der Waals surface area (Å²) in [5.74, 6) is -1.72. The quantitative estimate of drug-likeness (QED) is 0.315. The highest BCUT2D eigenvalue weighted by Crippen LogP contribution is 2.42. The van der Waals surface area contributed by atoms with Crippen LogP contribution < -0.4 is 4.90 Å². The molecule has 7 heteroatoms. The predicted molar refractivity (Wildman–Crippen MR) is 114 cm³/mol. The molecule has 1 N–H and O–H groups in total. The number of ketones is 1. The number of hydrogen-bond donors (Lipinski definition) is 1. The molecule has 1 aromatic heterocycles. The average Bonchev–Trinajstić information content (AvgIpc) is 3.25. The van der Waals surface area contributed by atoms with Crippen molar-refractivity contribution in [3.8, 4) is 0 Å². The highest BCUT2D eigenvalue weighted by atomic mass is 79.9. The predicted octanol–water partition coefficient (Wildman–Crippen LogP) is 5.42. The van der Waals surface area contributed by atoms with Gasteiger partial charge in [0.25, 0.3) is 11.7 Å². The number of aliphatic hydroxyl groups is 1. The molecule has 2 heterocycles. The van der Waals surface area contributed by atoms with E-state index in [2.05, 4.69) is 15.9 Å². The van der Waals surface area contributed by atoms with Crippen LogP contribution >= 0.6 is 15.9 Å². The number of Topliss-reactive ketones (excluding diaryl/α,β-unsaturated/α-hetero) is 1. The van der Waals surface area contributed by atoms with E-state index in [1.165, 1.54) is 18.2 Å². The summed E-state index contributed by atoms with van der Waals surface area (Å²) < 4.78 is 20.4. The summed E-state index contributed by atoms with van der Waals surface area (Å²) in [5.41, 5.74) is 1.33. The van der Waals surface area contributed by atoms with Crippen LogP contribution in [0, 0.1) is 19.7 Å². The lowest BCUT2D eigenvalue weighted by molar-refractivity contribution is -0.132. The fourth-order valence-corrected chi connectivity index (χ4v) is 3.79. The van der Waals surface area contributed by atoms with Gasteiger partial charge in [-0.3, -0.25) is 14.5 Å². The van der Waals surface area contributed by atoms with Crippen molar-refractivity contribution in [3.63, 3.8) is 0 Å². The number of hydrogen-bond acceptors (Lipinski definition) is 4. The van der Waals surface area contributed by atoms with E-state index in [0.717, 1.165) is 21.0 Å². The second-order valence-corrected chi connectivity index (χ2v) is 7.92. The van der Waals surface area contributed by atoms with Crippen molar-refractivity contribution >= 4 is 39.1 Å². The molecule has 0 aliphatic carbocycles. The van der Waals surface area contributed by atoms with E-state index in [4.69, 9.17) is 4.42 Å². The number of nitrogens with zero attached hydrogens (tertiary/aromatic N) is 1. The molecule has 1 fully saturated rings. The van der Waals surface area contributed by atoms with Crippen LogP contribution in [0.3, 0.4) is 0 Å². The highest BCUT2D eigenvalue weighted by Gasteiger charge is 2.48.